The number of esters is 4. The van der Waals surface area contributed by atoms with E-state index in [1.54, 1.807) is 24.4 Å². The van der Waals surface area contributed by atoms with Crippen molar-refractivity contribution in [3.63, 3.8) is 0 Å². The number of hydrogen-bond acceptors (Lipinski definition) is 10. The molecule has 29 heavy (non-hydrogen) atoms. The molecule has 0 bridgehead atoms. The molecule has 2 atom stereocenters. The maximum atomic E-state index is 11.9. The summed E-state index contributed by atoms with van der Waals surface area (Å²) in [5.74, 6) is -2.42. The number of nitrogens with zero attached hydrogens (tertiary/aromatic N) is 1. The summed E-state index contributed by atoms with van der Waals surface area (Å²) in [5.41, 5.74) is 0. The minimum absolute atomic E-state index is 0.0170. The number of carbonyl (C=O) groups excluding carboxylic acids is 4. The number of pyridine rings is 1. The van der Waals surface area contributed by atoms with Crippen LogP contribution in [-0.4, -0.2) is 52.1 Å². The van der Waals surface area contributed by atoms with Gasteiger partial charge in [-0.25, -0.2) is 4.98 Å². The van der Waals surface area contributed by atoms with Gasteiger partial charge in [0.2, 0.25) is 0 Å². The lowest BCUT2D eigenvalue weighted by atomic mass is 9.88. The second-order valence-corrected chi connectivity index (χ2v) is 7.92. The molecule has 1 heterocycles. The largest absolute Gasteiger partial charge is 0.458 e. The van der Waals surface area contributed by atoms with E-state index in [0.717, 1.165) is 11.8 Å². The second-order valence-electron chi connectivity index (χ2n) is 6.55. The third kappa shape index (κ3) is 6.74. The van der Waals surface area contributed by atoms with Gasteiger partial charge in [0, 0.05) is 46.7 Å². The summed E-state index contributed by atoms with van der Waals surface area (Å²) in [6.07, 6.45) is -1.41. The second kappa shape index (κ2) is 9.73. The Morgan fingerprint density at radius 2 is 1.45 bits per heavy atom. The highest BCUT2D eigenvalue weighted by atomic mass is 32.2. The van der Waals surface area contributed by atoms with Gasteiger partial charge in [0.1, 0.15) is 12.2 Å². The van der Waals surface area contributed by atoms with Crippen LogP contribution >= 0.6 is 11.8 Å². The predicted molar refractivity (Wildman–Crippen MR) is 100 cm³/mol. The Bertz CT molecular complexity index is 743. The van der Waals surface area contributed by atoms with Gasteiger partial charge in [0.15, 0.2) is 11.0 Å². The Kier molecular flexibility index (Phi) is 7.60. The average Bonchev–Trinajstić information content (AvgIpc) is 2.57. The van der Waals surface area contributed by atoms with E-state index < -0.39 is 47.1 Å². The molecule has 1 aromatic rings. The van der Waals surface area contributed by atoms with E-state index >= 15 is 0 Å². The van der Waals surface area contributed by atoms with Gasteiger partial charge in [-0.15, -0.1) is 0 Å². The third-order valence-electron chi connectivity index (χ3n) is 3.95. The van der Waals surface area contributed by atoms with Crippen LogP contribution in [0.1, 0.15) is 40.5 Å². The molecule has 0 N–H and O–H groups in total. The lowest BCUT2D eigenvalue weighted by Crippen LogP contribution is -2.56. The van der Waals surface area contributed by atoms with Crippen LogP contribution in [0.3, 0.4) is 0 Å². The summed E-state index contributed by atoms with van der Waals surface area (Å²) < 4.78 is 21.6. The van der Waals surface area contributed by atoms with E-state index in [9.17, 15) is 19.2 Å². The van der Waals surface area contributed by atoms with Crippen molar-refractivity contribution in [2.45, 2.75) is 68.8 Å². The van der Waals surface area contributed by atoms with Crippen LogP contribution in [0.4, 0.5) is 0 Å². The lowest BCUT2D eigenvalue weighted by molar-refractivity contribution is -0.203. The summed E-state index contributed by atoms with van der Waals surface area (Å²) in [4.78, 5) is 49.8. The van der Waals surface area contributed by atoms with E-state index in [-0.39, 0.29) is 12.8 Å². The molecule has 0 radical (unpaired) electrons. The first kappa shape index (κ1) is 22.7. The van der Waals surface area contributed by atoms with Crippen LogP contribution in [0.2, 0.25) is 0 Å². The summed E-state index contributed by atoms with van der Waals surface area (Å²) in [5, 5.41) is 0.558. The fourth-order valence-electron chi connectivity index (χ4n) is 3.20. The number of hydrogen-bond donors (Lipinski definition) is 0. The van der Waals surface area contributed by atoms with Crippen LogP contribution in [0, 0.1) is 0 Å². The maximum Gasteiger partial charge on any atom is 0.304 e. The zero-order chi connectivity index (χ0) is 21.6. The van der Waals surface area contributed by atoms with Gasteiger partial charge in [0.05, 0.1) is 5.03 Å². The van der Waals surface area contributed by atoms with Gasteiger partial charge < -0.3 is 18.9 Å². The molecule has 1 aliphatic carbocycles. The standard InChI is InChI=1S/C19H23NO8S/c1-11(21)25-15-9-19(28-14(4)24,29-17-7-5-6-8-20-17)10-16(26-12(2)22)18(15)27-13(3)23/h5-8,15-16,18H,9-10H2,1-4H3. The Morgan fingerprint density at radius 1 is 0.897 bits per heavy atom. The summed E-state index contributed by atoms with van der Waals surface area (Å²) in [6.45, 7) is 4.87. The fourth-order valence-corrected chi connectivity index (χ4v) is 4.50. The van der Waals surface area contributed by atoms with Crippen molar-refractivity contribution in [2.24, 2.45) is 0 Å². The topological polar surface area (TPSA) is 118 Å². The van der Waals surface area contributed by atoms with Gasteiger partial charge in [-0.05, 0) is 12.1 Å². The molecule has 1 aromatic heterocycles. The van der Waals surface area contributed by atoms with Crippen molar-refractivity contribution in [1.82, 2.24) is 4.98 Å². The minimum atomic E-state index is -1.25. The highest BCUT2D eigenvalue weighted by Crippen LogP contribution is 2.46. The van der Waals surface area contributed by atoms with Crippen LogP contribution in [0.15, 0.2) is 29.4 Å². The summed E-state index contributed by atoms with van der Waals surface area (Å²) in [6, 6.07) is 5.24. The molecule has 0 amide bonds. The maximum absolute atomic E-state index is 11.9. The Labute approximate surface area is 172 Å². The van der Waals surface area contributed by atoms with Gasteiger partial charge in [0.25, 0.3) is 0 Å². The van der Waals surface area contributed by atoms with Crippen LogP contribution in [0.5, 0.6) is 0 Å². The number of ether oxygens (including phenoxy) is 4. The normalized spacial score (nSPS) is 26.1. The zero-order valence-corrected chi connectivity index (χ0v) is 17.4. The van der Waals surface area contributed by atoms with E-state index in [1.807, 2.05) is 0 Å². The van der Waals surface area contributed by atoms with Crippen LogP contribution < -0.4 is 0 Å². The molecule has 9 nitrogen and oxygen atoms in total. The SMILES string of the molecule is CC(=O)OC1CC(OC(C)=O)(Sc2ccccn2)CC(OC(C)=O)C1OC(C)=O. The fraction of sp³-hybridized carbons (Fsp3) is 0.526. The van der Waals surface area contributed by atoms with Gasteiger partial charge in [-0.1, -0.05) is 17.8 Å². The minimum Gasteiger partial charge on any atom is -0.458 e. The number of thioether (sulfide) groups is 1. The van der Waals surface area contributed by atoms with Crippen molar-refractivity contribution >= 4 is 35.6 Å². The first-order chi connectivity index (χ1) is 13.6. The van der Waals surface area contributed by atoms with Crippen molar-refractivity contribution in [2.75, 3.05) is 0 Å². The average molecular weight is 425 g/mol. The monoisotopic (exact) mass is 425 g/mol. The number of aromatic nitrogens is 1. The first-order valence-electron chi connectivity index (χ1n) is 8.91. The van der Waals surface area contributed by atoms with Gasteiger partial charge in [-0.3, -0.25) is 19.2 Å². The molecule has 2 unspecified atom stereocenters. The molecule has 1 fully saturated rings. The molecular formula is C19H23NO8S. The smallest absolute Gasteiger partial charge is 0.304 e. The molecule has 158 valence electrons. The quantitative estimate of drug-likeness (QED) is 0.380. The molecule has 0 aromatic carbocycles. The summed E-state index contributed by atoms with van der Waals surface area (Å²) >= 11 is 1.15. The van der Waals surface area contributed by atoms with E-state index in [1.165, 1.54) is 27.7 Å². The lowest BCUT2D eigenvalue weighted by Gasteiger charge is -2.45. The molecule has 10 heteroatoms. The Balaban J connectivity index is 2.45. The highest BCUT2D eigenvalue weighted by molar-refractivity contribution is 8.00. The van der Waals surface area contributed by atoms with Gasteiger partial charge >= 0.3 is 23.9 Å². The molecule has 0 saturated heterocycles. The summed E-state index contributed by atoms with van der Waals surface area (Å²) in [7, 11) is 0. The number of carbonyl (C=O) groups is 4. The number of rotatable bonds is 6. The molecule has 1 saturated carbocycles. The van der Waals surface area contributed by atoms with Crippen molar-refractivity contribution in [3.05, 3.63) is 24.4 Å². The Hall–Kier alpha value is -2.62. The van der Waals surface area contributed by atoms with Crippen LogP contribution in [0.25, 0.3) is 0 Å². The molecule has 1 aliphatic rings. The molecule has 0 aliphatic heterocycles. The predicted octanol–water partition coefficient (Wildman–Crippen LogP) is 2.02. The van der Waals surface area contributed by atoms with Crippen molar-refractivity contribution in [3.8, 4) is 0 Å². The molecular weight excluding hydrogens is 402 g/mol. The van der Waals surface area contributed by atoms with Crippen molar-refractivity contribution in [1.29, 1.82) is 0 Å². The zero-order valence-electron chi connectivity index (χ0n) is 16.6. The van der Waals surface area contributed by atoms with Crippen LogP contribution in [-0.2, 0) is 38.1 Å². The first-order valence-corrected chi connectivity index (χ1v) is 9.73. The molecule has 2 rings (SSSR count). The van der Waals surface area contributed by atoms with E-state index in [2.05, 4.69) is 4.98 Å². The van der Waals surface area contributed by atoms with Gasteiger partial charge in [-0.2, -0.15) is 0 Å². The Morgan fingerprint density at radius 3 is 1.86 bits per heavy atom. The van der Waals surface area contributed by atoms with Crippen molar-refractivity contribution < 1.29 is 38.1 Å². The third-order valence-corrected chi connectivity index (χ3v) is 5.19. The molecule has 0 spiro atoms. The van der Waals surface area contributed by atoms with E-state index in [4.69, 9.17) is 18.9 Å². The highest BCUT2D eigenvalue weighted by Gasteiger charge is 2.53. The van der Waals surface area contributed by atoms with E-state index in [0.29, 0.717) is 5.03 Å².